The standard InChI is InChI=1S/C17H24N2O4/c1-5-15(17(21)22-6-2)13(4)18-19-16(20)11-23-14-9-7-12(3)8-10-14/h7-10,15H,5-6,11H2,1-4H3,(H,19,20)/b18-13-. The molecule has 0 aliphatic heterocycles. The fourth-order valence-electron chi connectivity index (χ4n) is 1.92. The van der Waals surface area contributed by atoms with Gasteiger partial charge in [0.15, 0.2) is 6.61 Å². The van der Waals surface area contributed by atoms with Crippen molar-refractivity contribution in [1.29, 1.82) is 0 Å². The van der Waals surface area contributed by atoms with Crippen LogP contribution in [0.15, 0.2) is 29.4 Å². The smallest absolute Gasteiger partial charge is 0.314 e. The summed E-state index contributed by atoms with van der Waals surface area (Å²) in [5.41, 5.74) is 4.02. The number of hydrazone groups is 1. The summed E-state index contributed by atoms with van der Waals surface area (Å²) < 4.78 is 10.3. The molecule has 0 heterocycles. The van der Waals surface area contributed by atoms with Crippen LogP contribution in [0.25, 0.3) is 0 Å². The summed E-state index contributed by atoms with van der Waals surface area (Å²) in [6.07, 6.45) is 0.559. The highest BCUT2D eigenvalue weighted by Crippen LogP contribution is 2.11. The summed E-state index contributed by atoms with van der Waals surface area (Å²) in [6.45, 7) is 7.45. The Hall–Kier alpha value is -2.37. The van der Waals surface area contributed by atoms with E-state index in [0.29, 0.717) is 24.5 Å². The number of rotatable bonds is 8. The van der Waals surface area contributed by atoms with Crippen LogP contribution in [0, 0.1) is 12.8 Å². The fourth-order valence-corrected chi connectivity index (χ4v) is 1.92. The monoisotopic (exact) mass is 320 g/mol. The second-order valence-corrected chi connectivity index (χ2v) is 5.10. The van der Waals surface area contributed by atoms with Gasteiger partial charge in [0.1, 0.15) is 5.75 Å². The lowest BCUT2D eigenvalue weighted by Crippen LogP contribution is -2.29. The first-order valence-electron chi connectivity index (χ1n) is 7.67. The number of carbonyl (C=O) groups excluding carboxylic acids is 2. The number of hydrogen-bond acceptors (Lipinski definition) is 5. The van der Waals surface area contributed by atoms with Crippen molar-refractivity contribution in [2.24, 2.45) is 11.0 Å². The Morgan fingerprint density at radius 3 is 2.43 bits per heavy atom. The molecule has 6 nitrogen and oxygen atoms in total. The van der Waals surface area contributed by atoms with Crippen LogP contribution in [0.2, 0.25) is 0 Å². The molecule has 0 bridgehead atoms. The van der Waals surface area contributed by atoms with Gasteiger partial charge in [-0.15, -0.1) is 0 Å². The van der Waals surface area contributed by atoms with Gasteiger partial charge in [-0.25, -0.2) is 5.43 Å². The molecule has 0 spiro atoms. The lowest BCUT2D eigenvalue weighted by molar-refractivity contribution is -0.145. The maximum atomic E-state index is 11.8. The molecule has 0 aliphatic carbocycles. The van der Waals surface area contributed by atoms with Gasteiger partial charge in [-0.1, -0.05) is 24.6 Å². The zero-order chi connectivity index (χ0) is 17.2. The highest BCUT2D eigenvalue weighted by Gasteiger charge is 2.21. The highest BCUT2D eigenvalue weighted by atomic mass is 16.5. The van der Waals surface area contributed by atoms with Crippen LogP contribution in [-0.4, -0.2) is 30.8 Å². The molecular weight excluding hydrogens is 296 g/mol. The molecule has 6 heteroatoms. The van der Waals surface area contributed by atoms with E-state index in [-0.39, 0.29) is 18.5 Å². The molecule has 0 fully saturated rings. The summed E-state index contributed by atoms with van der Waals surface area (Å²) in [4.78, 5) is 23.5. The van der Waals surface area contributed by atoms with Crippen LogP contribution in [0.4, 0.5) is 0 Å². The molecule has 0 saturated carbocycles. The number of carbonyl (C=O) groups is 2. The maximum absolute atomic E-state index is 11.8. The molecule has 1 aromatic rings. The molecule has 0 aliphatic rings. The first-order valence-corrected chi connectivity index (χ1v) is 7.67. The number of benzene rings is 1. The van der Waals surface area contributed by atoms with Gasteiger partial charge in [0, 0.05) is 5.71 Å². The van der Waals surface area contributed by atoms with E-state index in [4.69, 9.17) is 9.47 Å². The van der Waals surface area contributed by atoms with Crippen molar-refractivity contribution in [3.05, 3.63) is 29.8 Å². The van der Waals surface area contributed by atoms with Gasteiger partial charge in [-0.2, -0.15) is 5.10 Å². The number of esters is 1. The second kappa shape index (κ2) is 9.61. The van der Waals surface area contributed by atoms with E-state index in [2.05, 4.69) is 10.5 Å². The van der Waals surface area contributed by atoms with E-state index in [9.17, 15) is 9.59 Å². The van der Waals surface area contributed by atoms with E-state index in [1.165, 1.54) is 0 Å². The molecule has 23 heavy (non-hydrogen) atoms. The molecule has 0 radical (unpaired) electrons. The van der Waals surface area contributed by atoms with Crippen molar-refractivity contribution in [2.45, 2.75) is 34.1 Å². The van der Waals surface area contributed by atoms with Crippen LogP contribution < -0.4 is 10.2 Å². The van der Waals surface area contributed by atoms with Crippen molar-refractivity contribution in [3.63, 3.8) is 0 Å². The van der Waals surface area contributed by atoms with Crippen molar-refractivity contribution in [2.75, 3.05) is 13.2 Å². The topological polar surface area (TPSA) is 77.0 Å². The van der Waals surface area contributed by atoms with Crippen molar-refractivity contribution < 1.29 is 19.1 Å². The molecule has 126 valence electrons. The van der Waals surface area contributed by atoms with Gasteiger partial charge < -0.3 is 9.47 Å². The molecule has 1 rings (SSSR count). The van der Waals surface area contributed by atoms with Gasteiger partial charge in [-0.3, -0.25) is 9.59 Å². The largest absolute Gasteiger partial charge is 0.484 e. The highest BCUT2D eigenvalue weighted by molar-refractivity contribution is 6.01. The van der Waals surface area contributed by atoms with E-state index < -0.39 is 5.92 Å². The van der Waals surface area contributed by atoms with Crippen LogP contribution in [0.1, 0.15) is 32.8 Å². The Bertz CT molecular complexity index is 552. The average molecular weight is 320 g/mol. The Labute approximate surface area is 136 Å². The van der Waals surface area contributed by atoms with Gasteiger partial charge in [0.25, 0.3) is 5.91 Å². The predicted octanol–water partition coefficient (Wildman–Crippen LogP) is 2.46. The van der Waals surface area contributed by atoms with E-state index in [0.717, 1.165) is 5.56 Å². The van der Waals surface area contributed by atoms with Crippen LogP contribution >= 0.6 is 0 Å². The third-order valence-electron chi connectivity index (χ3n) is 3.23. The molecule has 0 aromatic heterocycles. The summed E-state index contributed by atoms with van der Waals surface area (Å²) in [7, 11) is 0. The third kappa shape index (κ3) is 6.50. The summed E-state index contributed by atoms with van der Waals surface area (Å²) in [5.74, 6) is -0.553. The molecule has 1 aromatic carbocycles. The molecule has 1 unspecified atom stereocenters. The average Bonchev–Trinajstić information content (AvgIpc) is 2.53. The Kier molecular flexibility index (Phi) is 7.80. The lowest BCUT2D eigenvalue weighted by Gasteiger charge is -2.13. The summed E-state index contributed by atoms with van der Waals surface area (Å²) in [6, 6.07) is 7.40. The first-order chi connectivity index (χ1) is 11.0. The zero-order valence-corrected chi connectivity index (χ0v) is 14.1. The molecule has 1 atom stereocenters. The minimum atomic E-state index is -0.451. The van der Waals surface area contributed by atoms with Gasteiger partial charge >= 0.3 is 5.97 Å². The molecule has 0 saturated heterocycles. The number of nitrogens with zero attached hydrogens (tertiary/aromatic N) is 1. The summed E-state index contributed by atoms with van der Waals surface area (Å²) >= 11 is 0. The van der Waals surface area contributed by atoms with Gasteiger partial charge in [-0.05, 0) is 39.3 Å². The van der Waals surface area contributed by atoms with Crippen molar-refractivity contribution >= 4 is 17.6 Å². The number of nitrogens with one attached hydrogen (secondary N) is 1. The number of amides is 1. The third-order valence-corrected chi connectivity index (χ3v) is 3.23. The second-order valence-electron chi connectivity index (χ2n) is 5.10. The number of ether oxygens (including phenoxy) is 2. The number of aryl methyl sites for hydroxylation is 1. The normalized spacial score (nSPS) is 12.4. The predicted molar refractivity (Wildman–Crippen MR) is 88.3 cm³/mol. The van der Waals surface area contributed by atoms with Crippen molar-refractivity contribution in [1.82, 2.24) is 5.43 Å². The lowest BCUT2D eigenvalue weighted by atomic mass is 10.0. The summed E-state index contributed by atoms with van der Waals surface area (Å²) in [5, 5.41) is 3.96. The van der Waals surface area contributed by atoms with Crippen molar-refractivity contribution in [3.8, 4) is 5.75 Å². The SMILES string of the molecule is CCOC(=O)C(CC)/C(C)=N\NC(=O)COc1ccc(C)cc1. The Morgan fingerprint density at radius 1 is 1.22 bits per heavy atom. The molecular formula is C17H24N2O4. The van der Waals surface area contributed by atoms with Crippen LogP contribution in [0.3, 0.4) is 0 Å². The molecule has 1 amide bonds. The van der Waals surface area contributed by atoms with Crippen LogP contribution in [0.5, 0.6) is 5.75 Å². The maximum Gasteiger partial charge on any atom is 0.314 e. The Morgan fingerprint density at radius 2 is 1.87 bits per heavy atom. The van der Waals surface area contributed by atoms with Gasteiger partial charge in [0.05, 0.1) is 12.5 Å². The minimum Gasteiger partial charge on any atom is -0.484 e. The van der Waals surface area contributed by atoms with Crippen LogP contribution in [-0.2, 0) is 14.3 Å². The first kappa shape index (κ1) is 18.7. The van der Waals surface area contributed by atoms with E-state index >= 15 is 0 Å². The quantitative estimate of drug-likeness (QED) is 0.453. The van der Waals surface area contributed by atoms with E-state index in [1.807, 2.05) is 26.0 Å². The van der Waals surface area contributed by atoms with E-state index in [1.54, 1.807) is 26.0 Å². The minimum absolute atomic E-state index is 0.143. The number of hydrogen-bond donors (Lipinski definition) is 1. The fraction of sp³-hybridized carbons (Fsp3) is 0.471. The Balaban J connectivity index is 2.49. The van der Waals surface area contributed by atoms with Gasteiger partial charge in [0.2, 0.25) is 0 Å². The zero-order valence-electron chi connectivity index (χ0n) is 14.1. The molecule has 1 N–H and O–H groups in total.